The number of carbonyl (C=O) groups is 1. The van der Waals surface area contributed by atoms with E-state index in [4.69, 9.17) is 10.6 Å². The molecule has 4 nitrogen and oxygen atoms in total. The van der Waals surface area contributed by atoms with Gasteiger partial charge in [0.15, 0.2) is 6.61 Å². The summed E-state index contributed by atoms with van der Waals surface area (Å²) in [5, 5.41) is 0. The van der Waals surface area contributed by atoms with Crippen LogP contribution in [-0.2, 0) is 11.2 Å². The minimum Gasteiger partial charge on any atom is -0.483 e. The Morgan fingerprint density at radius 1 is 1.05 bits per heavy atom. The van der Waals surface area contributed by atoms with E-state index in [9.17, 15) is 4.79 Å². The first-order valence-electron chi connectivity index (χ1n) is 6.03. The van der Waals surface area contributed by atoms with E-state index >= 15 is 0 Å². The van der Waals surface area contributed by atoms with Crippen molar-refractivity contribution in [2.24, 2.45) is 5.84 Å². The first-order chi connectivity index (χ1) is 9.29. The van der Waals surface area contributed by atoms with Gasteiger partial charge in [-0.15, -0.1) is 0 Å². The van der Waals surface area contributed by atoms with Gasteiger partial charge in [0.2, 0.25) is 0 Å². The zero-order valence-corrected chi connectivity index (χ0v) is 10.5. The lowest BCUT2D eigenvalue weighted by atomic mass is 10.0. The molecule has 0 heterocycles. The topological polar surface area (TPSA) is 64.3 Å². The highest BCUT2D eigenvalue weighted by Gasteiger charge is 2.06. The van der Waals surface area contributed by atoms with Crippen LogP contribution >= 0.6 is 0 Å². The molecule has 3 N–H and O–H groups in total. The number of para-hydroxylation sites is 1. The molecule has 2 aromatic carbocycles. The molecule has 0 aliphatic rings. The average molecular weight is 256 g/mol. The van der Waals surface area contributed by atoms with Gasteiger partial charge in [0.05, 0.1) is 0 Å². The van der Waals surface area contributed by atoms with Crippen molar-refractivity contribution in [3.8, 4) is 5.75 Å². The quantitative estimate of drug-likeness (QED) is 0.485. The molecule has 0 aliphatic carbocycles. The molecule has 98 valence electrons. The summed E-state index contributed by atoms with van der Waals surface area (Å²) < 4.78 is 5.47. The van der Waals surface area contributed by atoms with Gasteiger partial charge in [0.25, 0.3) is 5.91 Å². The van der Waals surface area contributed by atoms with E-state index < -0.39 is 0 Å². The van der Waals surface area contributed by atoms with Crippen molar-refractivity contribution in [3.63, 3.8) is 0 Å². The van der Waals surface area contributed by atoms with Gasteiger partial charge in [-0.1, -0.05) is 48.5 Å². The molecule has 0 atom stereocenters. The number of carbonyl (C=O) groups excluding carboxylic acids is 1. The summed E-state index contributed by atoms with van der Waals surface area (Å²) in [5.74, 6) is 5.37. The number of hydrogen-bond donors (Lipinski definition) is 2. The zero-order chi connectivity index (χ0) is 13.5. The molecule has 0 bridgehead atoms. The van der Waals surface area contributed by atoms with E-state index in [1.165, 1.54) is 5.56 Å². The molecule has 4 heteroatoms. The van der Waals surface area contributed by atoms with E-state index in [2.05, 4.69) is 12.1 Å². The predicted octanol–water partition coefficient (Wildman–Crippen LogP) is 1.65. The maximum Gasteiger partial charge on any atom is 0.271 e. The van der Waals surface area contributed by atoms with E-state index in [0.29, 0.717) is 5.75 Å². The van der Waals surface area contributed by atoms with Crippen molar-refractivity contribution < 1.29 is 9.53 Å². The van der Waals surface area contributed by atoms with Gasteiger partial charge in [-0.3, -0.25) is 10.2 Å². The summed E-state index contributed by atoms with van der Waals surface area (Å²) in [6.07, 6.45) is 0.765. The third kappa shape index (κ3) is 3.82. The number of hydrazine groups is 1. The smallest absolute Gasteiger partial charge is 0.271 e. The van der Waals surface area contributed by atoms with Crippen LogP contribution in [0.4, 0.5) is 0 Å². The Labute approximate surface area is 112 Å². The standard InChI is InChI=1S/C15H16N2O2/c16-17-15(18)11-19-14-9-5-4-8-13(14)10-12-6-2-1-3-7-12/h1-9H,10-11,16H2,(H,17,18). The maximum atomic E-state index is 11.1. The number of benzene rings is 2. The van der Waals surface area contributed by atoms with Gasteiger partial charge in [0, 0.05) is 6.42 Å². The van der Waals surface area contributed by atoms with Gasteiger partial charge in [0.1, 0.15) is 5.75 Å². The molecule has 2 rings (SSSR count). The Bertz CT molecular complexity index is 541. The van der Waals surface area contributed by atoms with E-state index in [-0.39, 0.29) is 12.5 Å². The second-order valence-corrected chi connectivity index (χ2v) is 4.13. The van der Waals surface area contributed by atoms with Gasteiger partial charge in [-0.2, -0.15) is 0 Å². The summed E-state index contributed by atoms with van der Waals surface area (Å²) >= 11 is 0. The normalized spacial score (nSPS) is 9.95. The van der Waals surface area contributed by atoms with Crippen molar-refractivity contribution in [1.82, 2.24) is 5.43 Å². The van der Waals surface area contributed by atoms with Crippen LogP contribution in [0.5, 0.6) is 5.75 Å². The third-order valence-corrected chi connectivity index (χ3v) is 2.73. The number of amides is 1. The van der Waals surface area contributed by atoms with Crippen molar-refractivity contribution in [2.75, 3.05) is 6.61 Å². The Balaban J connectivity index is 2.10. The van der Waals surface area contributed by atoms with E-state index in [1.54, 1.807) is 0 Å². The molecule has 19 heavy (non-hydrogen) atoms. The lowest BCUT2D eigenvalue weighted by Crippen LogP contribution is -2.34. The van der Waals surface area contributed by atoms with Crippen LogP contribution in [0, 0.1) is 0 Å². The number of nitrogens with two attached hydrogens (primary N) is 1. The Hall–Kier alpha value is -2.33. The molecule has 0 aliphatic heterocycles. The second-order valence-electron chi connectivity index (χ2n) is 4.13. The van der Waals surface area contributed by atoms with Gasteiger partial charge in [-0.05, 0) is 17.2 Å². The lowest BCUT2D eigenvalue weighted by molar-refractivity contribution is -0.123. The third-order valence-electron chi connectivity index (χ3n) is 2.73. The first kappa shape index (κ1) is 13.1. The fourth-order valence-electron chi connectivity index (χ4n) is 1.79. The van der Waals surface area contributed by atoms with Crippen LogP contribution in [0.1, 0.15) is 11.1 Å². The van der Waals surface area contributed by atoms with Crippen LogP contribution in [0.2, 0.25) is 0 Å². The zero-order valence-electron chi connectivity index (χ0n) is 10.5. The van der Waals surface area contributed by atoms with Crippen molar-refractivity contribution in [1.29, 1.82) is 0 Å². The fraction of sp³-hybridized carbons (Fsp3) is 0.133. The summed E-state index contributed by atoms with van der Waals surface area (Å²) in [6, 6.07) is 17.8. The SMILES string of the molecule is NNC(=O)COc1ccccc1Cc1ccccc1. The summed E-state index contributed by atoms with van der Waals surface area (Å²) in [6.45, 7) is -0.0810. The van der Waals surface area contributed by atoms with Crippen LogP contribution in [0.3, 0.4) is 0 Å². The molecule has 0 radical (unpaired) electrons. The minimum atomic E-state index is -0.352. The molecular weight excluding hydrogens is 240 g/mol. The Morgan fingerprint density at radius 2 is 1.74 bits per heavy atom. The van der Waals surface area contributed by atoms with Crippen molar-refractivity contribution in [3.05, 3.63) is 65.7 Å². The second kappa shape index (κ2) is 6.56. The highest BCUT2D eigenvalue weighted by molar-refractivity contribution is 5.76. The predicted molar refractivity (Wildman–Crippen MR) is 73.5 cm³/mol. The summed E-state index contributed by atoms with van der Waals surface area (Å²) in [5.41, 5.74) is 4.28. The highest BCUT2D eigenvalue weighted by Crippen LogP contribution is 2.21. The monoisotopic (exact) mass is 256 g/mol. The van der Waals surface area contributed by atoms with Gasteiger partial charge in [-0.25, -0.2) is 5.84 Å². The van der Waals surface area contributed by atoms with Crippen molar-refractivity contribution >= 4 is 5.91 Å². The highest BCUT2D eigenvalue weighted by atomic mass is 16.5. The minimum absolute atomic E-state index is 0.0810. The van der Waals surface area contributed by atoms with Crippen molar-refractivity contribution in [2.45, 2.75) is 6.42 Å². The molecule has 0 saturated carbocycles. The van der Waals surface area contributed by atoms with Crippen LogP contribution in [0.15, 0.2) is 54.6 Å². The summed E-state index contributed by atoms with van der Waals surface area (Å²) in [4.78, 5) is 11.1. The molecule has 0 aromatic heterocycles. The van der Waals surface area contributed by atoms with Crippen LogP contribution < -0.4 is 16.0 Å². The maximum absolute atomic E-state index is 11.1. The first-order valence-corrected chi connectivity index (χ1v) is 6.03. The van der Waals surface area contributed by atoms with Crippen LogP contribution in [0.25, 0.3) is 0 Å². The largest absolute Gasteiger partial charge is 0.483 e. The van der Waals surface area contributed by atoms with E-state index in [1.807, 2.05) is 47.9 Å². The molecule has 0 saturated heterocycles. The van der Waals surface area contributed by atoms with Gasteiger partial charge < -0.3 is 4.74 Å². The number of ether oxygens (including phenoxy) is 1. The lowest BCUT2D eigenvalue weighted by Gasteiger charge is -2.10. The van der Waals surface area contributed by atoms with Crippen LogP contribution in [-0.4, -0.2) is 12.5 Å². The molecular formula is C15H16N2O2. The Morgan fingerprint density at radius 3 is 2.47 bits per heavy atom. The van der Waals surface area contributed by atoms with E-state index in [0.717, 1.165) is 12.0 Å². The number of hydrogen-bond acceptors (Lipinski definition) is 3. The fourth-order valence-corrected chi connectivity index (χ4v) is 1.79. The Kier molecular flexibility index (Phi) is 4.53. The number of rotatable bonds is 5. The number of nitrogens with one attached hydrogen (secondary N) is 1. The average Bonchev–Trinajstić information content (AvgIpc) is 2.47. The van der Waals surface area contributed by atoms with Gasteiger partial charge >= 0.3 is 0 Å². The molecule has 0 spiro atoms. The molecule has 1 amide bonds. The summed E-state index contributed by atoms with van der Waals surface area (Å²) in [7, 11) is 0. The molecule has 2 aromatic rings. The molecule has 0 unspecified atom stereocenters. The molecule has 0 fully saturated rings.